The summed E-state index contributed by atoms with van der Waals surface area (Å²) in [5, 5.41) is 9.58. The van der Waals surface area contributed by atoms with E-state index in [9.17, 15) is 5.26 Å². The molecule has 0 aromatic heterocycles. The zero-order chi connectivity index (χ0) is 15.2. The molecule has 4 heteroatoms. The van der Waals surface area contributed by atoms with Crippen LogP contribution >= 0.6 is 0 Å². The lowest BCUT2D eigenvalue weighted by Crippen LogP contribution is -2.36. The SMILES string of the molecule is COc1ccc([C@H]2[C@H](C#N)C23CCC2(CC3)OCCO2)cc1. The first-order chi connectivity index (χ1) is 10.7. The number of rotatable bonds is 2. The fourth-order valence-corrected chi connectivity index (χ4v) is 4.53. The van der Waals surface area contributed by atoms with E-state index < -0.39 is 0 Å². The lowest BCUT2D eigenvalue weighted by Gasteiger charge is -2.36. The number of benzene rings is 1. The smallest absolute Gasteiger partial charge is 0.168 e. The number of hydrogen-bond acceptors (Lipinski definition) is 4. The fraction of sp³-hybridized carbons (Fsp3) is 0.611. The van der Waals surface area contributed by atoms with Gasteiger partial charge in [-0.05, 0) is 36.0 Å². The Morgan fingerprint density at radius 2 is 1.73 bits per heavy atom. The molecule has 1 saturated heterocycles. The summed E-state index contributed by atoms with van der Waals surface area (Å²) < 4.78 is 16.9. The van der Waals surface area contributed by atoms with Crippen LogP contribution in [0.1, 0.15) is 37.2 Å². The molecule has 4 nitrogen and oxygen atoms in total. The van der Waals surface area contributed by atoms with E-state index in [1.165, 1.54) is 5.56 Å². The van der Waals surface area contributed by atoms with Crippen LogP contribution in [0.5, 0.6) is 5.75 Å². The third-order valence-electron chi connectivity index (χ3n) is 5.83. The molecule has 2 aliphatic carbocycles. The normalized spacial score (nSPS) is 31.1. The molecule has 116 valence electrons. The van der Waals surface area contributed by atoms with Crippen LogP contribution in [0.15, 0.2) is 24.3 Å². The second kappa shape index (κ2) is 4.97. The first-order valence-corrected chi connectivity index (χ1v) is 8.05. The van der Waals surface area contributed by atoms with Gasteiger partial charge >= 0.3 is 0 Å². The van der Waals surface area contributed by atoms with E-state index in [2.05, 4.69) is 18.2 Å². The maximum Gasteiger partial charge on any atom is 0.168 e. The molecular formula is C18H21NO3. The Hall–Kier alpha value is -1.57. The lowest BCUT2D eigenvalue weighted by molar-refractivity contribution is -0.185. The van der Waals surface area contributed by atoms with Crippen LogP contribution in [0.3, 0.4) is 0 Å². The molecule has 3 aliphatic rings. The number of nitriles is 1. The van der Waals surface area contributed by atoms with Crippen molar-refractivity contribution >= 4 is 0 Å². The van der Waals surface area contributed by atoms with Gasteiger partial charge < -0.3 is 14.2 Å². The van der Waals surface area contributed by atoms with Gasteiger partial charge in [0, 0.05) is 18.8 Å². The number of nitrogens with zero attached hydrogens (tertiary/aromatic N) is 1. The molecule has 1 aromatic rings. The van der Waals surface area contributed by atoms with Crippen molar-refractivity contribution in [2.45, 2.75) is 37.4 Å². The van der Waals surface area contributed by atoms with Gasteiger partial charge in [-0.3, -0.25) is 0 Å². The molecule has 1 heterocycles. The minimum absolute atomic E-state index is 0.125. The second-order valence-electron chi connectivity index (χ2n) is 6.70. The Morgan fingerprint density at radius 1 is 1.09 bits per heavy atom. The van der Waals surface area contributed by atoms with Crippen molar-refractivity contribution in [1.82, 2.24) is 0 Å². The fourth-order valence-electron chi connectivity index (χ4n) is 4.53. The number of ether oxygens (including phenoxy) is 3. The van der Waals surface area contributed by atoms with Gasteiger partial charge in [0.15, 0.2) is 5.79 Å². The lowest BCUT2D eigenvalue weighted by atomic mass is 9.79. The highest BCUT2D eigenvalue weighted by Crippen LogP contribution is 2.72. The zero-order valence-corrected chi connectivity index (χ0v) is 12.9. The van der Waals surface area contributed by atoms with Gasteiger partial charge in [-0.1, -0.05) is 12.1 Å². The molecule has 2 spiro atoms. The summed E-state index contributed by atoms with van der Waals surface area (Å²) in [6.45, 7) is 1.41. The van der Waals surface area contributed by atoms with Crippen LogP contribution in [-0.4, -0.2) is 26.1 Å². The molecule has 1 aromatic carbocycles. The first-order valence-electron chi connectivity index (χ1n) is 8.05. The van der Waals surface area contributed by atoms with Gasteiger partial charge in [0.1, 0.15) is 5.75 Å². The minimum Gasteiger partial charge on any atom is -0.497 e. The van der Waals surface area contributed by atoms with Crippen LogP contribution < -0.4 is 4.74 Å². The Morgan fingerprint density at radius 3 is 2.27 bits per heavy atom. The second-order valence-corrected chi connectivity index (χ2v) is 6.70. The van der Waals surface area contributed by atoms with E-state index in [4.69, 9.17) is 14.2 Å². The standard InChI is InChI=1S/C18H21NO3/c1-20-14-4-2-13(3-5-14)16-15(12-19)17(16)6-8-18(9-7-17)21-10-11-22-18/h2-5,15-16H,6-11H2,1H3/t15-,16-/m0/s1. The topological polar surface area (TPSA) is 51.5 Å². The highest BCUT2D eigenvalue weighted by molar-refractivity contribution is 5.40. The molecule has 4 rings (SSSR count). The van der Waals surface area contributed by atoms with E-state index in [-0.39, 0.29) is 17.1 Å². The van der Waals surface area contributed by atoms with Crippen molar-refractivity contribution in [3.63, 3.8) is 0 Å². The largest absolute Gasteiger partial charge is 0.497 e. The van der Waals surface area contributed by atoms with E-state index in [1.54, 1.807) is 7.11 Å². The summed E-state index contributed by atoms with van der Waals surface area (Å²) in [6.07, 6.45) is 3.86. The number of hydrogen-bond donors (Lipinski definition) is 0. The summed E-state index contributed by atoms with van der Waals surface area (Å²) in [5.41, 5.74) is 1.39. The predicted molar refractivity (Wildman–Crippen MR) is 80.4 cm³/mol. The van der Waals surface area contributed by atoms with E-state index in [0.29, 0.717) is 19.1 Å². The third-order valence-corrected chi connectivity index (χ3v) is 5.83. The quantitative estimate of drug-likeness (QED) is 0.841. The third kappa shape index (κ3) is 1.96. The van der Waals surface area contributed by atoms with Crippen molar-refractivity contribution in [2.24, 2.45) is 11.3 Å². The van der Waals surface area contributed by atoms with Crippen molar-refractivity contribution in [3.05, 3.63) is 29.8 Å². The monoisotopic (exact) mass is 299 g/mol. The van der Waals surface area contributed by atoms with Crippen LogP contribution in [0.4, 0.5) is 0 Å². The zero-order valence-electron chi connectivity index (χ0n) is 12.9. The molecule has 1 aliphatic heterocycles. The first kappa shape index (κ1) is 14.0. The summed E-state index contributed by atoms with van der Waals surface area (Å²) >= 11 is 0. The van der Waals surface area contributed by atoms with Gasteiger partial charge in [-0.15, -0.1) is 0 Å². The molecule has 0 unspecified atom stereocenters. The van der Waals surface area contributed by atoms with Crippen molar-refractivity contribution in [3.8, 4) is 11.8 Å². The predicted octanol–water partition coefficient (Wildman–Crippen LogP) is 3.24. The van der Waals surface area contributed by atoms with E-state index in [0.717, 1.165) is 31.4 Å². The van der Waals surface area contributed by atoms with Crippen LogP contribution in [-0.2, 0) is 9.47 Å². The summed E-state index contributed by atoms with van der Waals surface area (Å²) in [4.78, 5) is 0. The van der Waals surface area contributed by atoms with E-state index in [1.807, 2.05) is 12.1 Å². The molecule has 22 heavy (non-hydrogen) atoms. The van der Waals surface area contributed by atoms with E-state index >= 15 is 0 Å². The summed E-state index contributed by atoms with van der Waals surface area (Å²) in [7, 11) is 1.67. The summed E-state index contributed by atoms with van der Waals surface area (Å²) in [5.74, 6) is 0.988. The molecule has 0 bridgehead atoms. The molecule has 0 N–H and O–H groups in total. The Kier molecular flexibility index (Phi) is 3.18. The van der Waals surface area contributed by atoms with Gasteiger partial charge in [0.25, 0.3) is 0 Å². The minimum atomic E-state index is -0.349. The molecule has 3 fully saturated rings. The molecule has 2 atom stereocenters. The van der Waals surface area contributed by atoms with Crippen molar-refractivity contribution in [1.29, 1.82) is 5.26 Å². The average Bonchev–Trinajstić information content (AvgIpc) is 2.95. The summed E-state index contributed by atoms with van der Waals surface area (Å²) in [6, 6.07) is 10.7. The Bertz CT molecular complexity index is 588. The van der Waals surface area contributed by atoms with Crippen molar-refractivity contribution < 1.29 is 14.2 Å². The Balaban J connectivity index is 1.53. The maximum absolute atomic E-state index is 9.58. The molecule has 0 amide bonds. The average molecular weight is 299 g/mol. The molecule has 0 radical (unpaired) electrons. The van der Waals surface area contributed by atoms with Gasteiger partial charge in [-0.2, -0.15) is 5.26 Å². The van der Waals surface area contributed by atoms with Crippen molar-refractivity contribution in [2.75, 3.05) is 20.3 Å². The Labute approximate surface area is 131 Å². The van der Waals surface area contributed by atoms with Crippen LogP contribution in [0.2, 0.25) is 0 Å². The van der Waals surface area contributed by atoms with Gasteiger partial charge in [-0.25, -0.2) is 0 Å². The highest BCUT2D eigenvalue weighted by Gasteiger charge is 2.67. The number of methoxy groups -OCH3 is 1. The maximum atomic E-state index is 9.58. The van der Waals surface area contributed by atoms with Gasteiger partial charge in [0.2, 0.25) is 0 Å². The van der Waals surface area contributed by atoms with Crippen LogP contribution in [0, 0.1) is 22.7 Å². The van der Waals surface area contributed by atoms with Crippen LogP contribution in [0.25, 0.3) is 0 Å². The molecular weight excluding hydrogens is 278 g/mol. The highest BCUT2D eigenvalue weighted by atomic mass is 16.7. The molecule has 2 saturated carbocycles. The van der Waals surface area contributed by atoms with Gasteiger partial charge in [0.05, 0.1) is 32.3 Å².